The molecule has 0 aromatic heterocycles. The first-order valence-corrected chi connectivity index (χ1v) is 10.6. The Hall–Kier alpha value is 0.200. The van der Waals surface area contributed by atoms with E-state index in [1.807, 2.05) is 0 Å². The molecule has 0 saturated heterocycles. The number of esters is 1. The molecule has 0 aliphatic heterocycles. The Labute approximate surface area is 149 Å². The van der Waals surface area contributed by atoms with Crippen molar-refractivity contribution in [1.82, 2.24) is 0 Å². The third-order valence-electron chi connectivity index (χ3n) is 7.06. The molecule has 4 rings (SSSR count). The molecule has 126 valence electrons. The van der Waals surface area contributed by atoms with Gasteiger partial charge >= 0.3 is 5.97 Å². The Bertz CT molecular complexity index is 392. The van der Waals surface area contributed by atoms with Crippen LogP contribution in [0.1, 0.15) is 78.6 Å². The first-order chi connectivity index (χ1) is 10.5. The lowest BCUT2D eigenvalue weighted by atomic mass is 9.44. The molecule has 1 unspecified atom stereocenters. The van der Waals surface area contributed by atoms with Gasteiger partial charge in [-0.15, -0.1) is 0 Å². The minimum atomic E-state index is -0.210. The highest BCUT2D eigenvalue weighted by atomic mass is 127. The maximum atomic E-state index is 12.6. The van der Waals surface area contributed by atoms with Gasteiger partial charge in [0.2, 0.25) is 0 Å². The predicted octanol–water partition coefficient (Wildman–Crippen LogP) is 5.52. The normalized spacial score (nSPS) is 38.1. The summed E-state index contributed by atoms with van der Waals surface area (Å²) < 4.78 is 6.33. The number of alkyl halides is 1. The molecule has 3 heteroatoms. The number of ether oxygens (including phenoxy) is 1. The Kier molecular flexibility index (Phi) is 4.84. The number of rotatable bonds is 6. The maximum absolute atomic E-state index is 12.6. The van der Waals surface area contributed by atoms with Crippen LogP contribution < -0.4 is 0 Å². The highest BCUT2D eigenvalue weighted by Crippen LogP contribution is 2.65. The van der Waals surface area contributed by atoms with Gasteiger partial charge in [-0.1, -0.05) is 43.4 Å². The summed E-state index contributed by atoms with van der Waals surface area (Å²) in [5.41, 5.74) is 0.0731. The van der Waals surface area contributed by atoms with Crippen molar-refractivity contribution in [2.75, 3.05) is 0 Å². The Morgan fingerprint density at radius 2 is 1.55 bits per heavy atom. The molecule has 1 atom stereocenters. The average molecular weight is 418 g/mol. The van der Waals surface area contributed by atoms with E-state index < -0.39 is 0 Å². The van der Waals surface area contributed by atoms with Crippen LogP contribution in [-0.2, 0) is 9.53 Å². The van der Waals surface area contributed by atoms with Crippen LogP contribution in [0.5, 0.6) is 0 Å². The van der Waals surface area contributed by atoms with E-state index in [9.17, 15) is 4.79 Å². The van der Waals surface area contributed by atoms with Gasteiger partial charge < -0.3 is 4.74 Å². The standard InChI is InChI=1S/C19H31IO2/c1-4-16(20)17(21)22-19(5-2,6-3)18-10-13-7-14(11-18)9-15(8-13)12-18/h13-16H,4-12H2,1-3H3. The fraction of sp³-hybridized carbons (Fsp3) is 0.947. The number of hydrogen-bond donors (Lipinski definition) is 0. The lowest BCUT2D eigenvalue weighted by Gasteiger charge is -2.63. The molecule has 2 nitrogen and oxygen atoms in total. The molecule has 22 heavy (non-hydrogen) atoms. The first kappa shape index (κ1) is 17.0. The molecule has 4 saturated carbocycles. The van der Waals surface area contributed by atoms with Crippen LogP contribution in [-0.4, -0.2) is 15.5 Å². The van der Waals surface area contributed by atoms with Gasteiger partial charge in [0.15, 0.2) is 0 Å². The Morgan fingerprint density at radius 1 is 1.09 bits per heavy atom. The van der Waals surface area contributed by atoms with Gasteiger partial charge in [-0.25, -0.2) is 0 Å². The summed E-state index contributed by atoms with van der Waals surface area (Å²) >= 11 is 2.25. The summed E-state index contributed by atoms with van der Waals surface area (Å²) in [5, 5.41) is 0. The van der Waals surface area contributed by atoms with Crippen molar-refractivity contribution in [2.45, 2.75) is 88.1 Å². The van der Waals surface area contributed by atoms with Crippen molar-refractivity contribution in [3.05, 3.63) is 0 Å². The van der Waals surface area contributed by atoms with Crippen molar-refractivity contribution < 1.29 is 9.53 Å². The van der Waals surface area contributed by atoms with E-state index in [0.717, 1.165) is 37.0 Å². The van der Waals surface area contributed by atoms with Crippen molar-refractivity contribution in [1.29, 1.82) is 0 Å². The number of carbonyl (C=O) groups excluding carboxylic acids is 1. The molecule has 0 N–H and O–H groups in total. The van der Waals surface area contributed by atoms with Gasteiger partial charge in [-0.05, 0) is 75.5 Å². The van der Waals surface area contributed by atoms with Crippen LogP contribution in [0.3, 0.4) is 0 Å². The van der Waals surface area contributed by atoms with Crippen LogP contribution in [0.15, 0.2) is 0 Å². The molecular weight excluding hydrogens is 387 g/mol. The summed E-state index contributed by atoms with van der Waals surface area (Å²) in [6, 6.07) is 0. The summed E-state index contributed by atoms with van der Waals surface area (Å²) in [4.78, 5) is 12.6. The van der Waals surface area contributed by atoms with Gasteiger partial charge in [0.1, 0.15) is 9.53 Å². The van der Waals surface area contributed by atoms with Crippen molar-refractivity contribution in [3.8, 4) is 0 Å². The van der Waals surface area contributed by atoms with E-state index in [1.165, 1.54) is 38.5 Å². The van der Waals surface area contributed by atoms with E-state index in [1.54, 1.807) is 0 Å². The molecule has 4 fully saturated rings. The molecule has 0 radical (unpaired) electrons. The summed E-state index contributed by atoms with van der Waals surface area (Å²) in [7, 11) is 0. The minimum absolute atomic E-state index is 0.00369. The zero-order valence-electron chi connectivity index (χ0n) is 14.4. The van der Waals surface area contributed by atoms with Crippen LogP contribution in [0.4, 0.5) is 0 Å². The second-order valence-corrected chi connectivity index (χ2v) is 9.70. The predicted molar refractivity (Wildman–Crippen MR) is 98.1 cm³/mol. The third kappa shape index (κ3) is 2.63. The summed E-state index contributed by atoms with van der Waals surface area (Å²) in [6.45, 7) is 6.55. The SMILES string of the molecule is CCC(I)C(=O)OC(CC)(CC)C12CC3CC(CC(C3)C1)C2. The van der Waals surface area contributed by atoms with Crippen LogP contribution in [0.2, 0.25) is 0 Å². The molecule has 0 spiro atoms. The van der Waals surface area contributed by atoms with Gasteiger partial charge in [0.05, 0.1) is 0 Å². The first-order valence-electron chi connectivity index (χ1n) is 9.34. The molecule has 4 aliphatic carbocycles. The second kappa shape index (κ2) is 6.25. The largest absolute Gasteiger partial charge is 0.458 e. The van der Waals surface area contributed by atoms with E-state index in [0.29, 0.717) is 0 Å². The topological polar surface area (TPSA) is 26.3 Å². The van der Waals surface area contributed by atoms with E-state index in [4.69, 9.17) is 4.74 Å². The maximum Gasteiger partial charge on any atom is 0.319 e. The zero-order valence-corrected chi connectivity index (χ0v) is 16.5. The summed E-state index contributed by atoms with van der Waals surface area (Å²) in [6.07, 6.45) is 11.1. The zero-order chi connectivity index (χ0) is 16.0. The van der Waals surface area contributed by atoms with Gasteiger partial charge in [0, 0.05) is 5.41 Å². The Morgan fingerprint density at radius 3 is 1.91 bits per heavy atom. The fourth-order valence-electron chi connectivity index (χ4n) is 6.34. The number of carbonyl (C=O) groups is 1. The molecule has 4 aliphatic rings. The molecule has 0 aromatic carbocycles. The van der Waals surface area contributed by atoms with Gasteiger partial charge in [-0.2, -0.15) is 0 Å². The monoisotopic (exact) mass is 418 g/mol. The molecule has 0 aromatic rings. The minimum Gasteiger partial charge on any atom is -0.458 e. The van der Waals surface area contributed by atoms with Gasteiger partial charge in [-0.3, -0.25) is 4.79 Å². The van der Waals surface area contributed by atoms with Crippen molar-refractivity contribution >= 4 is 28.6 Å². The van der Waals surface area contributed by atoms with E-state index in [2.05, 4.69) is 43.4 Å². The van der Waals surface area contributed by atoms with Crippen molar-refractivity contribution in [3.63, 3.8) is 0 Å². The van der Waals surface area contributed by atoms with Crippen molar-refractivity contribution in [2.24, 2.45) is 23.2 Å². The lowest BCUT2D eigenvalue weighted by Crippen LogP contribution is -2.60. The molecular formula is C19H31IO2. The fourth-order valence-corrected chi connectivity index (χ4v) is 6.47. The third-order valence-corrected chi connectivity index (χ3v) is 8.45. The highest BCUT2D eigenvalue weighted by molar-refractivity contribution is 14.1. The smallest absolute Gasteiger partial charge is 0.319 e. The number of halogens is 1. The number of hydrogen-bond acceptors (Lipinski definition) is 2. The van der Waals surface area contributed by atoms with Crippen LogP contribution in [0, 0.1) is 23.2 Å². The average Bonchev–Trinajstić information content (AvgIpc) is 2.50. The quantitative estimate of drug-likeness (QED) is 0.323. The van der Waals surface area contributed by atoms with E-state index >= 15 is 0 Å². The van der Waals surface area contributed by atoms with Crippen LogP contribution in [0.25, 0.3) is 0 Å². The van der Waals surface area contributed by atoms with Crippen LogP contribution >= 0.6 is 22.6 Å². The summed E-state index contributed by atoms with van der Waals surface area (Å²) in [5.74, 6) is 2.75. The van der Waals surface area contributed by atoms with Gasteiger partial charge in [0.25, 0.3) is 0 Å². The molecule has 0 heterocycles. The van der Waals surface area contributed by atoms with E-state index in [-0.39, 0.29) is 20.9 Å². The molecule has 0 amide bonds. The second-order valence-electron chi connectivity index (χ2n) is 8.20. The molecule has 4 bridgehead atoms. The highest BCUT2D eigenvalue weighted by Gasteiger charge is 2.61. The lowest BCUT2D eigenvalue weighted by molar-refractivity contribution is -0.211. The Balaban J connectivity index is 1.88.